The van der Waals surface area contributed by atoms with Crippen LogP contribution in [0, 0.1) is 0 Å². The van der Waals surface area contributed by atoms with Crippen LogP contribution in [0.15, 0.2) is 36.8 Å². The minimum absolute atomic E-state index is 0.0321. The Balaban J connectivity index is 1.31. The number of nitrogens with one attached hydrogen (secondary N) is 2. The molecular formula is C30H31F3N8O2. The number of ether oxygens (including phenoxy) is 1. The van der Waals surface area contributed by atoms with E-state index in [1.54, 1.807) is 26.3 Å². The molecule has 1 aromatic carbocycles. The van der Waals surface area contributed by atoms with Gasteiger partial charge in [-0.15, -0.1) is 0 Å². The summed E-state index contributed by atoms with van der Waals surface area (Å²) in [5.41, 5.74) is 3.95. The molecule has 0 radical (unpaired) electrons. The number of carbonyl (C=O) groups excluding carboxylic acids is 1. The third kappa shape index (κ3) is 6.02. The van der Waals surface area contributed by atoms with Gasteiger partial charge in [-0.1, -0.05) is 24.3 Å². The number of hydrogen-bond acceptors (Lipinski definition) is 8. The summed E-state index contributed by atoms with van der Waals surface area (Å²) in [4.78, 5) is 34.4. The van der Waals surface area contributed by atoms with Crippen molar-refractivity contribution in [2.24, 2.45) is 7.05 Å². The van der Waals surface area contributed by atoms with Crippen molar-refractivity contribution in [1.29, 1.82) is 0 Å². The Labute approximate surface area is 246 Å². The second kappa shape index (κ2) is 11.3. The summed E-state index contributed by atoms with van der Waals surface area (Å²) < 4.78 is 46.4. The molecule has 1 atom stereocenters. The van der Waals surface area contributed by atoms with Crippen molar-refractivity contribution in [3.63, 3.8) is 0 Å². The summed E-state index contributed by atoms with van der Waals surface area (Å²) in [6, 6.07) is 7.16. The summed E-state index contributed by atoms with van der Waals surface area (Å²) in [6.07, 6.45) is 2.04. The van der Waals surface area contributed by atoms with Gasteiger partial charge in [-0.2, -0.15) is 13.2 Å². The van der Waals surface area contributed by atoms with E-state index in [0.717, 1.165) is 48.0 Å². The fourth-order valence-corrected chi connectivity index (χ4v) is 5.52. The molecule has 6 rings (SSSR count). The number of hydrogen-bond donors (Lipinski definition) is 2. The van der Waals surface area contributed by atoms with Gasteiger partial charge in [-0.05, 0) is 37.7 Å². The quantitative estimate of drug-likeness (QED) is 0.298. The predicted octanol–water partition coefficient (Wildman–Crippen LogP) is 4.84. The minimum atomic E-state index is -4.51. The van der Waals surface area contributed by atoms with Gasteiger partial charge in [0.05, 0.1) is 12.8 Å². The minimum Gasteiger partial charge on any atom is -0.480 e. The number of benzene rings is 1. The molecular weight excluding hydrogens is 561 g/mol. The normalized spacial score (nSPS) is 16.5. The van der Waals surface area contributed by atoms with Gasteiger partial charge in [0, 0.05) is 55.5 Å². The first kappa shape index (κ1) is 28.6. The molecule has 1 unspecified atom stereocenters. The van der Waals surface area contributed by atoms with Crippen LogP contribution in [0.5, 0.6) is 5.88 Å². The lowest BCUT2D eigenvalue weighted by Gasteiger charge is -2.27. The van der Waals surface area contributed by atoms with E-state index in [1.807, 2.05) is 12.1 Å². The molecule has 1 fully saturated rings. The molecule has 0 saturated heterocycles. The Morgan fingerprint density at radius 3 is 2.51 bits per heavy atom. The maximum Gasteiger partial charge on any atom is 0.434 e. The van der Waals surface area contributed by atoms with E-state index in [1.165, 1.54) is 17.8 Å². The first-order chi connectivity index (χ1) is 20.6. The summed E-state index contributed by atoms with van der Waals surface area (Å²) in [5.74, 6) is 2.02. The van der Waals surface area contributed by atoms with Crippen molar-refractivity contribution in [3.8, 4) is 28.7 Å². The molecule has 13 heteroatoms. The zero-order chi connectivity index (χ0) is 30.3. The average molecular weight is 593 g/mol. The number of fused-ring (bicyclic) bond motifs is 1. The summed E-state index contributed by atoms with van der Waals surface area (Å²) >= 11 is 0. The smallest absolute Gasteiger partial charge is 0.434 e. The van der Waals surface area contributed by atoms with E-state index < -0.39 is 11.9 Å². The first-order valence-corrected chi connectivity index (χ1v) is 14.1. The largest absolute Gasteiger partial charge is 0.480 e. The van der Waals surface area contributed by atoms with Crippen LogP contribution in [0.4, 0.5) is 19.0 Å². The third-order valence-corrected chi connectivity index (χ3v) is 7.74. The van der Waals surface area contributed by atoms with Crippen LogP contribution in [0.2, 0.25) is 0 Å². The second-order valence-electron chi connectivity index (χ2n) is 11.0. The number of aryl methyl sites for hydroxylation is 2. The highest BCUT2D eigenvalue weighted by Crippen LogP contribution is 2.45. The molecule has 224 valence electrons. The van der Waals surface area contributed by atoms with Crippen molar-refractivity contribution >= 4 is 11.7 Å². The van der Waals surface area contributed by atoms with Crippen LogP contribution in [0.25, 0.3) is 22.8 Å². The zero-order valence-electron chi connectivity index (χ0n) is 24.0. The Hall–Kier alpha value is -4.55. The molecule has 4 aromatic rings. The van der Waals surface area contributed by atoms with Crippen molar-refractivity contribution in [2.75, 3.05) is 12.4 Å². The van der Waals surface area contributed by atoms with Crippen LogP contribution >= 0.6 is 0 Å². The van der Waals surface area contributed by atoms with Gasteiger partial charge in [-0.3, -0.25) is 4.79 Å². The van der Waals surface area contributed by atoms with Gasteiger partial charge >= 0.3 is 6.18 Å². The van der Waals surface area contributed by atoms with Gasteiger partial charge in [0.15, 0.2) is 11.5 Å². The number of methoxy groups -OCH3 is 1. The van der Waals surface area contributed by atoms with Gasteiger partial charge in [0.1, 0.15) is 23.5 Å². The van der Waals surface area contributed by atoms with Gasteiger partial charge in [0.25, 0.3) is 0 Å². The zero-order valence-corrected chi connectivity index (χ0v) is 24.0. The number of amides is 1. The van der Waals surface area contributed by atoms with Crippen molar-refractivity contribution in [1.82, 2.24) is 34.8 Å². The summed E-state index contributed by atoms with van der Waals surface area (Å²) in [5, 5.41) is 6.47. The summed E-state index contributed by atoms with van der Waals surface area (Å²) in [6.45, 7) is 1.91. The van der Waals surface area contributed by atoms with Crippen LogP contribution in [0.1, 0.15) is 60.3 Å². The monoisotopic (exact) mass is 592 g/mol. The number of anilines is 1. The summed E-state index contributed by atoms with van der Waals surface area (Å²) in [7, 11) is 3.11. The highest BCUT2D eigenvalue weighted by atomic mass is 19.4. The highest BCUT2D eigenvalue weighted by molar-refractivity contribution is 5.73. The number of nitrogens with zero attached hydrogens (tertiary/aromatic N) is 6. The van der Waals surface area contributed by atoms with Crippen molar-refractivity contribution < 1.29 is 22.7 Å². The fraction of sp³-hybridized carbons (Fsp3) is 0.400. The molecule has 3 heterocycles. The standard InChI is InChI=1S/C30H31F3N8O2/c1-16(42)37-20-10-11-22-21(12-20)26(40-27(38-22)24-25(18-8-9-18)35-15-36-29(24)43-3)34-13-17-4-6-19(7-5-17)28-39-23(14-41(28)2)30(31,32)33/h4-7,14-15,18,20H,8-13H2,1-3H3,(H,37,42)(H,34,38,40). The molecule has 2 N–H and O–H groups in total. The highest BCUT2D eigenvalue weighted by Gasteiger charge is 2.35. The van der Waals surface area contributed by atoms with Gasteiger partial charge in [-0.25, -0.2) is 24.9 Å². The SMILES string of the molecule is COc1ncnc(C2CC2)c1-c1nc2c(c(NCc3ccc(-c4nc(C(F)(F)F)cn4C)cc3)n1)CC(NC(C)=O)CC2. The maximum absolute atomic E-state index is 13.1. The maximum atomic E-state index is 13.1. The second-order valence-corrected chi connectivity index (χ2v) is 11.0. The Morgan fingerprint density at radius 2 is 1.86 bits per heavy atom. The molecule has 2 aliphatic rings. The number of aromatic nitrogens is 6. The molecule has 2 aliphatic carbocycles. The molecule has 0 aliphatic heterocycles. The molecule has 10 nitrogen and oxygen atoms in total. The van der Waals surface area contributed by atoms with Crippen LogP contribution in [0.3, 0.4) is 0 Å². The number of halogens is 3. The first-order valence-electron chi connectivity index (χ1n) is 14.1. The van der Waals surface area contributed by atoms with Gasteiger partial charge < -0.3 is 19.9 Å². The number of rotatable bonds is 8. The topological polar surface area (TPSA) is 120 Å². The van der Waals surface area contributed by atoms with Crippen LogP contribution in [-0.4, -0.2) is 48.5 Å². The third-order valence-electron chi connectivity index (χ3n) is 7.74. The van der Waals surface area contributed by atoms with Crippen LogP contribution in [-0.2, 0) is 37.4 Å². The van der Waals surface area contributed by atoms with Crippen molar-refractivity contribution in [2.45, 2.75) is 63.7 Å². The van der Waals surface area contributed by atoms with E-state index in [9.17, 15) is 18.0 Å². The van der Waals surface area contributed by atoms with Crippen molar-refractivity contribution in [3.05, 3.63) is 65.0 Å². The van der Waals surface area contributed by atoms with E-state index in [4.69, 9.17) is 14.7 Å². The lowest BCUT2D eigenvalue weighted by Crippen LogP contribution is -2.38. The van der Waals surface area contributed by atoms with Crippen LogP contribution < -0.4 is 15.4 Å². The Morgan fingerprint density at radius 1 is 1.09 bits per heavy atom. The molecule has 0 bridgehead atoms. The molecule has 0 spiro atoms. The average Bonchev–Trinajstić information content (AvgIpc) is 3.75. The van der Waals surface area contributed by atoms with E-state index in [0.29, 0.717) is 54.0 Å². The van der Waals surface area contributed by atoms with E-state index in [-0.39, 0.29) is 17.8 Å². The molecule has 3 aromatic heterocycles. The fourth-order valence-electron chi connectivity index (χ4n) is 5.52. The lowest BCUT2D eigenvalue weighted by atomic mass is 9.91. The number of imidazole rings is 1. The van der Waals surface area contributed by atoms with E-state index in [2.05, 4.69) is 25.6 Å². The molecule has 1 saturated carbocycles. The molecule has 43 heavy (non-hydrogen) atoms. The Bertz CT molecular complexity index is 1670. The lowest BCUT2D eigenvalue weighted by molar-refractivity contribution is -0.140. The number of alkyl halides is 3. The number of carbonyl (C=O) groups is 1. The molecule has 1 amide bonds. The van der Waals surface area contributed by atoms with E-state index >= 15 is 0 Å². The van der Waals surface area contributed by atoms with Gasteiger partial charge in [0.2, 0.25) is 11.8 Å². The predicted molar refractivity (Wildman–Crippen MR) is 152 cm³/mol. The Kier molecular flexibility index (Phi) is 7.49.